The van der Waals surface area contributed by atoms with Gasteiger partial charge >= 0.3 is 0 Å². The van der Waals surface area contributed by atoms with Gasteiger partial charge in [0, 0.05) is 19.5 Å². The Morgan fingerprint density at radius 3 is 1.91 bits per heavy atom. The zero-order valence-corrected chi connectivity index (χ0v) is 21.3. The van der Waals surface area contributed by atoms with Crippen LogP contribution in [0, 0.1) is 0 Å². The first-order valence-electron chi connectivity index (χ1n) is 12.9. The molecule has 0 amide bonds. The number of nitrogens with one attached hydrogen (secondary N) is 1. The summed E-state index contributed by atoms with van der Waals surface area (Å²) in [4.78, 5) is 11.6. The van der Waals surface area contributed by atoms with Crippen LogP contribution in [0.2, 0.25) is 0 Å². The zero-order chi connectivity index (χ0) is 26.8. The second-order valence-electron chi connectivity index (χ2n) is 9.26. The third kappa shape index (κ3) is 12.9. The predicted molar refractivity (Wildman–Crippen MR) is 132 cm³/mol. The standard InChI is InChI=1S/C12H25NO4.C6H13NO4.C6H12O/c1-2-3-4-5-6-13-7-10(15)12(17)11(16)9(13)8-14;8-2-3-5(10)6(11)4(9)1-7-3;1-2-3-4-5-6-7/h9-12,14-17H,2-8H2,1H3;3-11H,1-2H2;6H,2-5H2,1H3/t9-,10+,11-,12-;3-,4+,5-,6-;/m11./s1. The van der Waals surface area contributed by atoms with Gasteiger partial charge in [-0.1, -0.05) is 46.0 Å². The fourth-order valence-electron chi connectivity index (χ4n) is 4.01. The quantitative estimate of drug-likeness (QED) is 0.112. The number of carbonyl (C=O) groups excluding carboxylic acids is 1. The van der Waals surface area contributed by atoms with E-state index in [2.05, 4.69) is 19.2 Å². The molecule has 2 fully saturated rings. The molecule has 0 aromatic heterocycles. The van der Waals surface area contributed by atoms with Gasteiger partial charge in [0.25, 0.3) is 0 Å². The summed E-state index contributed by atoms with van der Waals surface area (Å²) in [5.74, 6) is 0. The molecule has 2 rings (SSSR count). The van der Waals surface area contributed by atoms with E-state index in [0.717, 1.165) is 44.9 Å². The number of rotatable bonds is 11. The maximum atomic E-state index is 9.77. The number of unbranched alkanes of at least 4 members (excludes halogenated alkanes) is 6. The summed E-state index contributed by atoms with van der Waals surface area (Å²) in [5.41, 5.74) is 0. The van der Waals surface area contributed by atoms with E-state index in [0.29, 0.717) is 6.54 Å². The average molecular weight is 511 g/mol. The molecule has 2 aliphatic heterocycles. The highest BCUT2D eigenvalue weighted by molar-refractivity contribution is 5.48. The van der Waals surface area contributed by atoms with E-state index >= 15 is 0 Å². The molecule has 0 aliphatic carbocycles. The van der Waals surface area contributed by atoms with Gasteiger partial charge < -0.3 is 51.0 Å². The molecule has 9 N–H and O–H groups in total. The first-order valence-corrected chi connectivity index (χ1v) is 12.9. The van der Waals surface area contributed by atoms with E-state index < -0.39 is 48.7 Å². The number of aldehydes is 1. The van der Waals surface area contributed by atoms with Gasteiger partial charge in [-0.05, 0) is 19.4 Å². The van der Waals surface area contributed by atoms with Crippen LogP contribution in [-0.4, -0.2) is 134 Å². The van der Waals surface area contributed by atoms with Crippen LogP contribution in [0.5, 0.6) is 0 Å². The Bertz CT molecular complexity index is 515. The summed E-state index contributed by atoms with van der Waals surface area (Å²) in [7, 11) is 0. The summed E-state index contributed by atoms with van der Waals surface area (Å²) in [5, 5.41) is 76.8. The highest BCUT2D eigenvalue weighted by Crippen LogP contribution is 2.19. The van der Waals surface area contributed by atoms with Crippen molar-refractivity contribution in [2.75, 3.05) is 32.8 Å². The first-order chi connectivity index (χ1) is 16.7. The van der Waals surface area contributed by atoms with E-state index in [4.69, 9.17) is 15.3 Å². The normalized spacial score (nSPS) is 33.2. The maximum absolute atomic E-state index is 9.77. The van der Waals surface area contributed by atoms with Crippen molar-refractivity contribution in [1.82, 2.24) is 10.2 Å². The minimum Gasteiger partial charge on any atom is -0.395 e. The Labute approximate surface area is 209 Å². The molecule has 11 nitrogen and oxygen atoms in total. The van der Waals surface area contributed by atoms with Crippen LogP contribution in [0.1, 0.15) is 65.2 Å². The summed E-state index contributed by atoms with van der Waals surface area (Å²) in [6.45, 7) is 5.08. The van der Waals surface area contributed by atoms with E-state index in [9.17, 15) is 30.3 Å². The second-order valence-corrected chi connectivity index (χ2v) is 9.26. The van der Waals surface area contributed by atoms with Gasteiger partial charge in [0.05, 0.1) is 43.6 Å². The molecule has 0 aromatic rings. The average Bonchev–Trinajstić information content (AvgIpc) is 2.85. The lowest BCUT2D eigenvalue weighted by Gasteiger charge is -2.43. The van der Waals surface area contributed by atoms with Crippen molar-refractivity contribution in [1.29, 1.82) is 0 Å². The molecule has 2 aliphatic rings. The molecule has 0 radical (unpaired) electrons. The molecule has 0 bridgehead atoms. The molecule has 11 heteroatoms. The van der Waals surface area contributed by atoms with Crippen molar-refractivity contribution < 1.29 is 45.6 Å². The van der Waals surface area contributed by atoms with Crippen LogP contribution in [0.3, 0.4) is 0 Å². The van der Waals surface area contributed by atoms with Crippen LogP contribution in [0.25, 0.3) is 0 Å². The van der Waals surface area contributed by atoms with Crippen molar-refractivity contribution in [3.05, 3.63) is 0 Å². The Hall–Kier alpha value is -0.730. The summed E-state index contributed by atoms with van der Waals surface area (Å²) >= 11 is 0. The van der Waals surface area contributed by atoms with Gasteiger partial charge in [0.15, 0.2) is 0 Å². The number of piperidine rings is 2. The van der Waals surface area contributed by atoms with Crippen molar-refractivity contribution in [3.63, 3.8) is 0 Å². The van der Waals surface area contributed by atoms with E-state index in [1.807, 2.05) is 4.90 Å². The van der Waals surface area contributed by atoms with E-state index in [1.165, 1.54) is 19.3 Å². The number of β-amino-alcohol motifs (C(OH)–C–C–N with tert-alkyl or cyclic N) is 2. The van der Waals surface area contributed by atoms with Gasteiger partial charge in [-0.25, -0.2) is 0 Å². The van der Waals surface area contributed by atoms with Gasteiger partial charge in [0.2, 0.25) is 0 Å². The third-order valence-corrected chi connectivity index (χ3v) is 6.38. The Morgan fingerprint density at radius 1 is 0.771 bits per heavy atom. The summed E-state index contributed by atoms with van der Waals surface area (Å²) in [6.07, 6.45) is 3.26. The number of hydrogen-bond acceptors (Lipinski definition) is 11. The predicted octanol–water partition coefficient (Wildman–Crippen LogP) is -1.88. The smallest absolute Gasteiger partial charge is 0.119 e. The third-order valence-electron chi connectivity index (χ3n) is 6.38. The highest BCUT2D eigenvalue weighted by Gasteiger charge is 2.40. The molecular weight excluding hydrogens is 460 g/mol. The van der Waals surface area contributed by atoms with Crippen LogP contribution in [0.4, 0.5) is 0 Å². The van der Waals surface area contributed by atoms with E-state index in [1.54, 1.807) is 0 Å². The number of carbonyl (C=O) groups is 1. The lowest BCUT2D eigenvalue weighted by atomic mass is 9.94. The van der Waals surface area contributed by atoms with Crippen LogP contribution in [-0.2, 0) is 4.79 Å². The molecule has 210 valence electrons. The number of hydrogen-bond donors (Lipinski definition) is 9. The topological polar surface area (TPSA) is 194 Å². The molecule has 2 heterocycles. The minimum absolute atomic E-state index is 0.196. The summed E-state index contributed by atoms with van der Waals surface area (Å²) < 4.78 is 0. The molecule has 8 atom stereocenters. The molecule has 0 aromatic carbocycles. The monoisotopic (exact) mass is 510 g/mol. The Balaban J connectivity index is 0.000000550. The zero-order valence-electron chi connectivity index (χ0n) is 21.3. The molecular formula is C24H50N2O9. The van der Waals surface area contributed by atoms with Crippen molar-refractivity contribution >= 4 is 6.29 Å². The number of aliphatic hydroxyl groups excluding tert-OH is 8. The van der Waals surface area contributed by atoms with Gasteiger partial charge in [-0.15, -0.1) is 0 Å². The number of nitrogens with zero attached hydrogens (tertiary/aromatic N) is 1. The SMILES string of the molecule is CCCCCC=O.CCCCCCN1C[C@H](O)[C@@H](O)[C@H](O)[C@H]1CO.OC[C@H]1NC[C@H](O)[C@@H](O)[C@@H]1O. The van der Waals surface area contributed by atoms with Crippen LogP contribution < -0.4 is 5.32 Å². The van der Waals surface area contributed by atoms with Crippen molar-refractivity contribution in [2.24, 2.45) is 0 Å². The molecule has 0 spiro atoms. The maximum Gasteiger partial charge on any atom is 0.119 e. The van der Waals surface area contributed by atoms with Gasteiger partial charge in [0.1, 0.15) is 24.6 Å². The fourth-order valence-corrected chi connectivity index (χ4v) is 4.01. The van der Waals surface area contributed by atoms with Crippen LogP contribution >= 0.6 is 0 Å². The number of aliphatic hydroxyl groups is 8. The molecule has 2 saturated heterocycles. The molecule has 0 saturated carbocycles. The lowest BCUT2D eigenvalue weighted by Crippen LogP contribution is -2.62. The van der Waals surface area contributed by atoms with Gasteiger partial charge in [-0.2, -0.15) is 0 Å². The highest BCUT2D eigenvalue weighted by atomic mass is 16.4. The van der Waals surface area contributed by atoms with Crippen molar-refractivity contribution in [2.45, 2.75) is 114 Å². The molecule has 0 unspecified atom stereocenters. The number of likely N-dealkylation sites (tertiary alicyclic amines) is 1. The van der Waals surface area contributed by atoms with Crippen LogP contribution in [0.15, 0.2) is 0 Å². The largest absolute Gasteiger partial charge is 0.395 e. The van der Waals surface area contributed by atoms with E-state index in [-0.39, 0.29) is 19.8 Å². The minimum atomic E-state index is -1.16. The first kappa shape index (κ1) is 34.3. The van der Waals surface area contributed by atoms with Crippen molar-refractivity contribution in [3.8, 4) is 0 Å². The Morgan fingerprint density at radius 2 is 1.37 bits per heavy atom. The molecule has 35 heavy (non-hydrogen) atoms. The van der Waals surface area contributed by atoms with Gasteiger partial charge in [-0.3, -0.25) is 4.90 Å². The second kappa shape index (κ2) is 20.3. The Kier molecular flexibility index (Phi) is 19.9. The lowest BCUT2D eigenvalue weighted by molar-refractivity contribution is -0.145. The summed E-state index contributed by atoms with van der Waals surface area (Å²) in [6, 6.07) is -0.997. The fraction of sp³-hybridized carbons (Fsp3) is 0.958.